The van der Waals surface area contributed by atoms with Crippen molar-refractivity contribution in [1.29, 1.82) is 0 Å². The van der Waals surface area contributed by atoms with Gasteiger partial charge in [0.1, 0.15) is 5.84 Å². The Balaban J connectivity index is 2.30. The van der Waals surface area contributed by atoms with Crippen LogP contribution in [0.4, 0.5) is 0 Å². The molecule has 1 aromatic rings. The zero-order valence-electron chi connectivity index (χ0n) is 11.4. The molecule has 0 saturated carbocycles. The lowest BCUT2D eigenvalue weighted by Gasteiger charge is -2.20. The minimum atomic E-state index is 0.396. The summed E-state index contributed by atoms with van der Waals surface area (Å²) in [5.41, 5.74) is 9.34. The minimum Gasteiger partial charge on any atom is -0.386 e. The van der Waals surface area contributed by atoms with E-state index >= 15 is 0 Å². The summed E-state index contributed by atoms with van der Waals surface area (Å²) in [6, 6.07) is 8.65. The van der Waals surface area contributed by atoms with E-state index in [9.17, 15) is 0 Å². The molecule has 0 radical (unpaired) electrons. The molecule has 1 atom stereocenters. The Morgan fingerprint density at radius 2 is 1.89 bits per heavy atom. The topological polar surface area (TPSA) is 50.7 Å². The summed E-state index contributed by atoms with van der Waals surface area (Å²) in [7, 11) is 0. The van der Waals surface area contributed by atoms with Crippen LogP contribution < -0.4 is 5.73 Å². The summed E-state index contributed by atoms with van der Waals surface area (Å²) in [6.45, 7) is 6.57. The summed E-state index contributed by atoms with van der Waals surface area (Å²) in [5.74, 6) is 1.60. The van der Waals surface area contributed by atoms with E-state index in [1.807, 2.05) is 0 Å². The fourth-order valence-electron chi connectivity index (χ4n) is 2.26. The highest BCUT2D eigenvalue weighted by atomic mass is 15.2. The van der Waals surface area contributed by atoms with Gasteiger partial charge in [0, 0.05) is 12.3 Å². The van der Waals surface area contributed by atoms with E-state index in [-0.39, 0.29) is 0 Å². The number of nitrogens with two attached hydrogens (primary N) is 1. The molecule has 18 heavy (non-hydrogen) atoms. The molecule has 1 aromatic carbocycles. The van der Waals surface area contributed by atoms with Crippen LogP contribution in [-0.2, 0) is 0 Å². The van der Waals surface area contributed by atoms with Crippen LogP contribution in [0.5, 0.6) is 0 Å². The van der Waals surface area contributed by atoms with Gasteiger partial charge < -0.3 is 5.73 Å². The van der Waals surface area contributed by atoms with Crippen molar-refractivity contribution in [2.24, 2.45) is 21.9 Å². The third-order valence-electron chi connectivity index (χ3n) is 3.49. The summed E-state index contributed by atoms with van der Waals surface area (Å²) < 4.78 is 0. The van der Waals surface area contributed by atoms with Crippen molar-refractivity contribution >= 4 is 11.5 Å². The molecule has 0 bridgehead atoms. The van der Waals surface area contributed by atoms with Crippen molar-refractivity contribution in [2.45, 2.75) is 39.5 Å². The predicted molar refractivity (Wildman–Crippen MR) is 77.1 cm³/mol. The quantitative estimate of drug-likeness (QED) is 0.870. The number of hydrogen-bond donors (Lipinski definition) is 1. The van der Waals surface area contributed by atoms with Gasteiger partial charge in [-0.2, -0.15) is 5.10 Å². The molecule has 2 N–H and O–H groups in total. The SMILES string of the molecule is CCC1CC(N)=NN=C1c1ccc(C(C)C)cc1. The van der Waals surface area contributed by atoms with Crippen LogP contribution in [0.15, 0.2) is 34.5 Å². The Bertz CT molecular complexity index is 469. The van der Waals surface area contributed by atoms with Gasteiger partial charge in [0.25, 0.3) is 0 Å². The number of amidine groups is 1. The smallest absolute Gasteiger partial charge is 0.123 e. The first-order valence-electron chi connectivity index (χ1n) is 6.62. The molecule has 0 spiro atoms. The molecule has 1 heterocycles. The van der Waals surface area contributed by atoms with E-state index in [4.69, 9.17) is 5.73 Å². The van der Waals surface area contributed by atoms with Crippen molar-refractivity contribution in [3.05, 3.63) is 35.4 Å². The molecule has 1 aliphatic heterocycles. The second-order valence-corrected chi connectivity index (χ2v) is 5.16. The van der Waals surface area contributed by atoms with Gasteiger partial charge in [-0.25, -0.2) is 0 Å². The van der Waals surface area contributed by atoms with Crippen molar-refractivity contribution in [3.8, 4) is 0 Å². The molecule has 2 rings (SSSR count). The van der Waals surface area contributed by atoms with Crippen molar-refractivity contribution in [1.82, 2.24) is 0 Å². The second kappa shape index (κ2) is 5.34. The summed E-state index contributed by atoms with van der Waals surface area (Å²) in [4.78, 5) is 0. The van der Waals surface area contributed by atoms with Crippen LogP contribution in [-0.4, -0.2) is 11.5 Å². The minimum absolute atomic E-state index is 0.396. The van der Waals surface area contributed by atoms with Gasteiger partial charge in [0.2, 0.25) is 0 Å². The lowest BCUT2D eigenvalue weighted by Crippen LogP contribution is -2.26. The molecule has 0 aromatic heterocycles. The lowest BCUT2D eigenvalue weighted by molar-refractivity contribution is 0.677. The monoisotopic (exact) mass is 243 g/mol. The van der Waals surface area contributed by atoms with E-state index in [0.29, 0.717) is 17.7 Å². The predicted octanol–water partition coefficient (Wildman–Crippen LogP) is 3.30. The molecule has 0 aliphatic carbocycles. The van der Waals surface area contributed by atoms with Crippen LogP contribution in [0.3, 0.4) is 0 Å². The second-order valence-electron chi connectivity index (χ2n) is 5.16. The highest BCUT2D eigenvalue weighted by molar-refractivity contribution is 6.05. The van der Waals surface area contributed by atoms with Gasteiger partial charge in [0.05, 0.1) is 5.71 Å². The highest BCUT2D eigenvalue weighted by Gasteiger charge is 2.21. The zero-order chi connectivity index (χ0) is 13.1. The number of hydrogen-bond acceptors (Lipinski definition) is 3. The fourth-order valence-corrected chi connectivity index (χ4v) is 2.26. The zero-order valence-corrected chi connectivity index (χ0v) is 11.4. The normalized spacial score (nSPS) is 19.7. The van der Waals surface area contributed by atoms with Gasteiger partial charge in [-0.15, -0.1) is 5.10 Å². The van der Waals surface area contributed by atoms with Gasteiger partial charge in [-0.3, -0.25) is 0 Å². The Labute approximate surface area is 109 Å². The first-order chi connectivity index (χ1) is 8.61. The van der Waals surface area contributed by atoms with Gasteiger partial charge in [-0.05, 0) is 23.5 Å². The first kappa shape index (κ1) is 12.8. The average molecular weight is 243 g/mol. The Kier molecular flexibility index (Phi) is 3.80. The number of rotatable bonds is 3. The maximum atomic E-state index is 5.75. The van der Waals surface area contributed by atoms with Crippen molar-refractivity contribution in [3.63, 3.8) is 0 Å². The number of nitrogens with zero attached hydrogens (tertiary/aromatic N) is 2. The van der Waals surface area contributed by atoms with Gasteiger partial charge in [0.15, 0.2) is 0 Å². The molecule has 96 valence electrons. The fraction of sp³-hybridized carbons (Fsp3) is 0.467. The molecule has 0 amide bonds. The third-order valence-corrected chi connectivity index (χ3v) is 3.49. The average Bonchev–Trinajstić information content (AvgIpc) is 2.38. The summed E-state index contributed by atoms with van der Waals surface area (Å²) in [6.07, 6.45) is 1.86. The summed E-state index contributed by atoms with van der Waals surface area (Å²) in [5, 5.41) is 8.31. The Morgan fingerprint density at radius 3 is 2.44 bits per heavy atom. The molecule has 3 nitrogen and oxygen atoms in total. The van der Waals surface area contributed by atoms with Crippen LogP contribution in [0.25, 0.3) is 0 Å². The van der Waals surface area contributed by atoms with Crippen molar-refractivity contribution in [2.75, 3.05) is 0 Å². The third kappa shape index (κ3) is 2.61. The Hall–Kier alpha value is -1.64. The number of benzene rings is 1. The van der Waals surface area contributed by atoms with Gasteiger partial charge >= 0.3 is 0 Å². The van der Waals surface area contributed by atoms with E-state index < -0.39 is 0 Å². The highest BCUT2D eigenvalue weighted by Crippen LogP contribution is 2.22. The largest absolute Gasteiger partial charge is 0.386 e. The molecule has 3 heteroatoms. The van der Waals surface area contributed by atoms with Crippen LogP contribution in [0.1, 0.15) is 50.7 Å². The van der Waals surface area contributed by atoms with Crippen LogP contribution in [0.2, 0.25) is 0 Å². The maximum Gasteiger partial charge on any atom is 0.123 e. The van der Waals surface area contributed by atoms with Crippen LogP contribution >= 0.6 is 0 Å². The Morgan fingerprint density at radius 1 is 1.22 bits per heavy atom. The maximum absolute atomic E-state index is 5.75. The molecule has 0 saturated heterocycles. The van der Waals surface area contributed by atoms with E-state index in [2.05, 4.69) is 55.2 Å². The summed E-state index contributed by atoms with van der Waals surface area (Å²) >= 11 is 0. The van der Waals surface area contributed by atoms with Crippen LogP contribution in [0, 0.1) is 5.92 Å². The standard InChI is InChI=1S/C15H21N3/c1-4-11-9-14(16)17-18-15(11)13-7-5-12(6-8-13)10(2)3/h5-8,10-11H,4,9H2,1-3H3,(H2,16,17). The van der Waals surface area contributed by atoms with E-state index in [1.165, 1.54) is 11.1 Å². The lowest BCUT2D eigenvalue weighted by atomic mass is 9.89. The van der Waals surface area contributed by atoms with E-state index in [0.717, 1.165) is 18.6 Å². The molecular weight excluding hydrogens is 222 g/mol. The van der Waals surface area contributed by atoms with Crippen molar-refractivity contribution < 1.29 is 0 Å². The van der Waals surface area contributed by atoms with E-state index in [1.54, 1.807) is 0 Å². The van der Waals surface area contributed by atoms with Gasteiger partial charge in [-0.1, -0.05) is 45.0 Å². The first-order valence-corrected chi connectivity index (χ1v) is 6.62. The molecule has 1 aliphatic rings. The molecule has 0 fully saturated rings. The molecular formula is C15H21N3. The molecule has 1 unspecified atom stereocenters.